The number of unbranched alkanes of at least 4 members (excludes halogenated alkanes) is 4. The number of allylic oxidation sites excluding steroid dienone is 3. The molecular formula is C35H48N2O11. The van der Waals surface area contributed by atoms with E-state index in [0.717, 1.165) is 50.7 Å². The summed E-state index contributed by atoms with van der Waals surface area (Å²) in [6, 6.07) is 0. The number of rotatable bonds is 13. The van der Waals surface area contributed by atoms with Crippen LogP contribution < -0.4 is 5.32 Å². The fourth-order valence-electron chi connectivity index (χ4n) is 5.07. The molecule has 13 nitrogen and oxygen atoms in total. The van der Waals surface area contributed by atoms with Crippen LogP contribution in [0.25, 0.3) is 12.2 Å². The van der Waals surface area contributed by atoms with Gasteiger partial charge in [-0.1, -0.05) is 62.5 Å². The molecule has 0 radical (unpaired) electrons. The van der Waals surface area contributed by atoms with Crippen LogP contribution in [0.1, 0.15) is 95.9 Å². The van der Waals surface area contributed by atoms with E-state index in [4.69, 9.17) is 23.4 Å². The number of ether oxygens (including phenoxy) is 4. The zero-order chi connectivity index (χ0) is 35.1. The predicted molar refractivity (Wildman–Crippen MR) is 175 cm³/mol. The first-order chi connectivity index (χ1) is 23.0. The normalized spacial score (nSPS) is 25.0. The van der Waals surface area contributed by atoms with Crippen LogP contribution in [0.15, 0.2) is 40.4 Å². The molecule has 1 fully saturated rings. The van der Waals surface area contributed by atoms with Crippen molar-refractivity contribution in [3.63, 3.8) is 0 Å². The number of carbonyl (C=O) groups excluding carboxylic acids is 4. The number of fused-ring (bicyclic) bond motifs is 3. The van der Waals surface area contributed by atoms with Gasteiger partial charge in [-0.25, -0.2) is 14.6 Å². The van der Waals surface area contributed by atoms with Gasteiger partial charge in [-0.05, 0) is 45.3 Å². The number of aryl methyl sites for hydroxylation is 1. The second kappa shape index (κ2) is 19.7. The maximum absolute atomic E-state index is 12.9. The number of nitrogens with one attached hydrogen (secondary N) is 1. The van der Waals surface area contributed by atoms with Crippen molar-refractivity contribution in [1.29, 1.82) is 0 Å². The van der Waals surface area contributed by atoms with Gasteiger partial charge >= 0.3 is 18.0 Å². The highest BCUT2D eigenvalue weighted by molar-refractivity contribution is 5.90. The van der Waals surface area contributed by atoms with E-state index in [-0.39, 0.29) is 19.0 Å². The molecule has 0 aromatic carbocycles. The Balaban J connectivity index is 1.74. The summed E-state index contributed by atoms with van der Waals surface area (Å²) in [4.78, 5) is 53.4. The molecule has 3 rings (SSSR count). The number of cyclic esters (lactones) is 1. The molecular weight excluding hydrogens is 624 g/mol. The number of epoxide rings is 1. The largest absolute Gasteiger partial charge is 0.466 e. The Morgan fingerprint density at radius 2 is 1.85 bits per heavy atom. The van der Waals surface area contributed by atoms with Crippen LogP contribution in [-0.4, -0.2) is 82.4 Å². The Bertz CT molecular complexity index is 1360. The number of nitrogens with zero attached hydrogens (tertiary/aromatic N) is 1. The number of carbonyl (C=O) groups is 4. The topological polar surface area (TPSA) is 187 Å². The summed E-state index contributed by atoms with van der Waals surface area (Å²) in [5, 5.41) is 23.7. The summed E-state index contributed by atoms with van der Waals surface area (Å²) in [5.41, 5.74) is 1.54. The first-order valence-corrected chi connectivity index (χ1v) is 16.5. The van der Waals surface area contributed by atoms with Gasteiger partial charge < -0.3 is 33.6 Å². The number of alkyl carbamates (subject to hydrolysis) is 1. The van der Waals surface area contributed by atoms with E-state index in [9.17, 15) is 29.4 Å². The number of esters is 2. The van der Waals surface area contributed by atoms with Crippen LogP contribution in [0.3, 0.4) is 0 Å². The highest BCUT2D eigenvalue weighted by Crippen LogP contribution is 2.35. The molecule has 2 aliphatic rings. The summed E-state index contributed by atoms with van der Waals surface area (Å²) >= 11 is 0. The number of aliphatic hydroxyl groups excluding tert-OH is 2. The SMILES string of the molecule is CCCCCCCC(=O)OCC[C@@H](O)/C=C/[C@H](O)[C@@H]1OC(=O)/C=C\C=C\c2nc(oc2C)/C=C(/C)CC[C@H]2O[C@@H]2[C@H]1OC(=O)NC(C)=O. The molecule has 0 spiro atoms. The lowest BCUT2D eigenvalue weighted by Gasteiger charge is -2.28. The van der Waals surface area contributed by atoms with Gasteiger partial charge in [0.25, 0.3) is 0 Å². The second-order valence-corrected chi connectivity index (χ2v) is 11.9. The van der Waals surface area contributed by atoms with E-state index in [2.05, 4.69) is 11.9 Å². The molecule has 48 heavy (non-hydrogen) atoms. The third-order valence-electron chi connectivity index (χ3n) is 7.71. The lowest BCUT2D eigenvalue weighted by Crippen LogP contribution is -2.48. The van der Waals surface area contributed by atoms with Gasteiger partial charge in [-0.15, -0.1) is 0 Å². The standard InChI is InChI=1S/C35H48N2O11/c1-5-6-7-8-9-13-30(41)44-20-19-25(39)16-17-27(40)32-34(48-35(43)36-24(4)38)33-28(46-33)18-15-22(2)21-29-37-26(23(3)45-29)12-10-11-14-31(42)47-32/h10-12,14,16-17,21,25,27-28,32-34,39-40H,5-9,13,15,18-20H2,1-4H3,(H,36,38,43)/b12-10+,14-11-,17-16+,22-21-/t25-,27-,28+,32-,33-,34-/m0/s1. The van der Waals surface area contributed by atoms with Crippen LogP contribution >= 0.6 is 0 Å². The van der Waals surface area contributed by atoms with Crippen LogP contribution in [0.5, 0.6) is 0 Å². The summed E-state index contributed by atoms with van der Waals surface area (Å²) in [5.74, 6) is -0.845. The number of hydrogen-bond donors (Lipinski definition) is 3. The summed E-state index contributed by atoms with van der Waals surface area (Å²) in [7, 11) is 0. The van der Waals surface area contributed by atoms with E-state index in [1.807, 2.05) is 18.3 Å². The molecule has 2 amide bonds. The van der Waals surface area contributed by atoms with Crippen molar-refractivity contribution in [2.75, 3.05) is 6.61 Å². The smallest absolute Gasteiger partial charge is 0.414 e. The molecule has 0 saturated carbocycles. The molecule has 0 unspecified atom stereocenters. The first kappa shape index (κ1) is 38.4. The van der Waals surface area contributed by atoms with Gasteiger partial charge in [0, 0.05) is 25.8 Å². The zero-order valence-corrected chi connectivity index (χ0v) is 28.1. The van der Waals surface area contributed by atoms with Crippen molar-refractivity contribution >= 4 is 36.1 Å². The average Bonchev–Trinajstić information content (AvgIpc) is 3.72. The average molecular weight is 673 g/mol. The first-order valence-electron chi connectivity index (χ1n) is 16.5. The number of amides is 2. The number of aliphatic hydroxyl groups is 2. The minimum Gasteiger partial charge on any atom is -0.466 e. The van der Waals surface area contributed by atoms with Crippen LogP contribution in [0, 0.1) is 6.92 Å². The maximum Gasteiger partial charge on any atom is 0.414 e. The van der Waals surface area contributed by atoms with Crippen molar-refractivity contribution < 1.29 is 52.8 Å². The predicted octanol–water partition coefficient (Wildman–Crippen LogP) is 4.64. The Morgan fingerprint density at radius 3 is 2.60 bits per heavy atom. The van der Waals surface area contributed by atoms with Crippen LogP contribution in [-0.2, 0) is 33.3 Å². The number of imide groups is 1. The molecule has 13 heteroatoms. The van der Waals surface area contributed by atoms with Gasteiger partial charge in [0.1, 0.15) is 23.7 Å². The van der Waals surface area contributed by atoms with Gasteiger partial charge in [0.15, 0.2) is 12.2 Å². The third kappa shape index (κ3) is 13.6. The molecule has 264 valence electrons. The quantitative estimate of drug-likeness (QED) is 0.0868. The van der Waals surface area contributed by atoms with E-state index in [0.29, 0.717) is 36.6 Å². The minimum absolute atomic E-state index is 0.0242. The van der Waals surface area contributed by atoms with E-state index >= 15 is 0 Å². The van der Waals surface area contributed by atoms with Crippen molar-refractivity contribution in [3.8, 4) is 0 Å². The van der Waals surface area contributed by atoms with E-state index in [1.54, 1.807) is 19.1 Å². The maximum atomic E-state index is 12.9. The van der Waals surface area contributed by atoms with E-state index < -0.39 is 54.6 Å². The van der Waals surface area contributed by atoms with Crippen molar-refractivity contribution in [1.82, 2.24) is 10.3 Å². The Morgan fingerprint density at radius 1 is 1.10 bits per heavy atom. The molecule has 2 aliphatic heterocycles. The molecule has 3 N–H and O–H groups in total. The molecule has 1 saturated heterocycles. The van der Waals surface area contributed by atoms with Gasteiger partial charge in [-0.3, -0.25) is 14.9 Å². The fourth-order valence-corrected chi connectivity index (χ4v) is 5.07. The molecule has 3 heterocycles. The Labute approximate surface area is 281 Å². The van der Waals surface area contributed by atoms with Crippen molar-refractivity contribution in [3.05, 3.63) is 53.3 Å². The fraction of sp³-hybridized carbons (Fsp3) is 0.571. The third-order valence-corrected chi connectivity index (χ3v) is 7.71. The summed E-state index contributed by atoms with van der Waals surface area (Å²) < 4.78 is 27.9. The number of aromatic nitrogens is 1. The zero-order valence-electron chi connectivity index (χ0n) is 28.1. The molecule has 1 aromatic rings. The lowest BCUT2D eigenvalue weighted by molar-refractivity contribution is -0.157. The second-order valence-electron chi connectivity index (χ2n) is 11.9. The Hall–Kier alpha value is -4.07. The highest BCUT2D eigenvalue weighted by Gasteiger charge is 2.52. The number of hydrogen-bond acceptors (Lipinski definition) is 12. The Kier molecular flexibility index (Phi) is 15.7. The molecule has 6 atom stereocenters. The van der Waals surface area contributed by atoms with E-state index in [1.165, 1.54) is 18.2 Å². The highest BCUT2D eigenvalue weighted by atomic mass is 16.7. The van der Waals surface area contributed by atoms with Crippen LogP contribution in [0.2, 0.25) is 0 Å². The number of oxazole rings is 1. The molecule has 1 aromatic heterocycles. The van der Waals surface area contributed by atoms with Gasteiger partial charge in [-0.2, -0.15) is 0 Å². The minimum atomic E-state index is -1.57. The van der Waals surface area contributed by atoms with Crippen LogP contribution in [0.4, 0.5) is 4.79 Å². The summed E-state index contributed by atoms with van der Waals surface area (Å²) in [6.07, 6.45) is 8.72. The van der Waals surface area contributed by atoms with Crippen molar-refractivity contribution in [2.24, 2.45) is 0 Å². The monoisotopic (exact) mass is 672 g/mol. The summed E-state index contributed by atoms with van der Waals surface area (Å²) in [6.45, 7) is 6.92. The van der Waals surface area contributed by atoms with Gasteiger partial charge in [0.2, 0.25) is 11.8 Å². The van der Waals surface area contributed by atoms with Crippen molar-refractivity contribution in [2.45, 2.75) is 122 Å². The lowest BCUT2D eigenvalue weighted by atomic mass is 9.99. The molecule has 2 bridgehead atoms. The molecule has 0 aliphatic carbocycles. The van der Waals surface area contributed by atoms with Gasteiger partial charge in [0.05, 0.1) is 18.8 Å².